The second kappa shape index (κ2) is 6.70. The Morgan fingerprint density at radius 1 is 1.20 bits per heavy atom. The Bertz CT molecular complexity index is 536. The predicted octanol–water partition coefficient (Wildman–Crippen LogP) is 3.85. The van der Waals surface area contributed by atoms with E-state index in [1.54, 1.807) is 0 Å². The molecule has 0 amide bonds. The highest BCUT2D eigenvalue weighted by atomic mass is 32.1. The van der Waals surface area contributed by atoms with Crippen molar-refractivity contribution in [3.63, 3.8) is 0 Å². The lowest BCUT2D eigenvalue weighted by Crippen LogP contribution is -2.23. The molecule has 4 nitrogen and oxygen atoms in total. The zero-order valence-corrected chi connectivity index (χ0v) is 13.2. The number of benzene rings is 1. The van der Waals surface area contributed by atoms with Gasteiger partial charge in [-0.15, -0.1) is 0 Å². The number of rotatable bonds is 6. The summed E-state index contributed by atoms with van der Waals surface area (Å²) in [5.74, 6) is 2.15. The van der Waals surface area contributed by atoms with E-state index in [1.165, 1.54) is 17.1 Å². The summed E-state index contributed by atoms with van der Waals surface area (Å²) < 4.78 is 10.1. The van der Waals surface area contributed by atoms with E-state index in [4.69, 9.17) is 4.74 Å². The molecule has 0 saturated heterocycles. The van der Waals surface area contributed by atoms with E-state index in [9.17, 15) is 0 Å². The van der Waals surface area contributed by atoms with Gasteiger partial charge in [0.25, 0.3) is 0 Å². The van der Waals surface area contributed by atoms with E-state index >= 15 is 0 Å². The lowest BCUT2D eigenvalue weighted by atomic mass is 10.2. The maximum absolute atomic E-state index is 5.74. The van der Waals surface area contributed by atoms with E-state index in [0.29, 0.717) is 12.5 Å². The topological polar surface area (TPSA) is 47.0 Å². The third-order valence-corrected chi connectivity index (χ3v) is 3.51. The minimum Gasteiger partial charge on any atom is -0.491 e. The molecule has 0 saturated carbocycles. The van der Waals surface area contributed by atoms with Gasteiger partial charge in [0, 0.05) is 17.5 Å². The van der Waals surface area contributed by atoms with Crippen molar-refractivity contribution in [3.8, 4) is 5.75 Å². The van der Waals surface area contributed by atoms with Gasteiger partial charge in [-0.3, -0.25) is 0 Å². The van der Waals surface area contributed by atoms with Crippen LogP contribution in [0.25, 0.3) is 0 Å². The van der Waals surface area contributed by atoms with Crippen LogP contribution in [0.2, 0.25) is 0 Å². The van der Waals surface area contributed by atoms with Crippen LogP contribution in [-0.2, 0) is 0 Å². The van der Waals surface area contributed by atoms with Crippen LogP contribution in [0.4, 0.5) is 5.13 Å². The van der Waals surface area contributed by atoms with Gasteiger partial charge in [0.1, 0.15) is 18.2 Å². The predicted molar refractivity (Wildman–Crippen MR) is 83.8 cm³/mol. The second-order valence-electron chi connectivity index (χ2n) is 5.28. The summed E-state index contributed by atoms with van der Waals surface area (Å²) in [5, 5.41) is 4.17. The van der Waals surface area contributed by atoms with E-state index in [-0.39, 0.29) is 6.04 Å². The third kappa shape index (κ3) is 4.20. The van der Waals surface area contributed by atoms with E-state index in [2.05, 4.69) is 42.4 Å². The van der Waals surface area contributed by atoms with Crippen molar-refractivity contribution in [2.45, 2.75) is 39.7 Å². The highest BCUT2D eigenvalue weighted by Gasteiger charge is 2.10. The molecule has 0 aliphatic heterocycles. The first-order valence-electron chi connectivity index (χ1n) is 6.84. The lowest BCUT2D eigenvalue weighted by Gasteiger charge is -2.14. The van der Waals surface area contributed by atoms with Crippen molar-refractivity contribution in [1.82, 2.24) is 9.36 Å². The number of aromatic nitrogens is 2. The standard InChI is InChI=1S/C15H21N3OS/c1-10(2)14-17-15(20-18-14)16-12(4)9-19-13-7-5-11(3)6-8-13/h5-8,10,12H,9H2,1-4H3,(H,16,17,18). The van der Waals surface area contributed by atoms with Gasteiger partial charge in [-0.25, -0.2) is 4.98 Å². The van der Waals surface area contributed by atoms with E-state index < -0.39 is 0 Å². The molecule has 1 N–H and O–H groups in total. The zero-order valence-electron chi connectivity index (χ0n) is 12.4. The molecule has 0 bridgehead atoms. The van der Waals surface area contributed by atoms with Gasteiger partial charge < -0.3 is 10.1 Å². The molecule has 1 unspecified atom stereocenters. The molecule has 108 valence electrons. The van der Waals surface area contributed by atoms with Crippen molar-refractivity contribution in [2.24, 2.45) is 0 Å². The van der Waals surface area contributed by atoms with Crippen LogP contribution in [0.15, 0.2) is 24.3 Å². The van der Waals surface area contributed by atoms with Gasteiger partial charge in [-0.05, 0) is 26.0 Å². The van der Waals surface area contributed by atoms with Crippen LogP contribution in [0.5, 0.6) is 5.75 Å². The van der Waals surface area contributed by atoms with Crippen molar-refractivity contribution < 1.29 is 4.74 Å². The molecule has 0 aliphatic rings. The number of ether oxygens (including phenoxy) is 1. The molecular formula is C15H21N3OS. The molecule has 5 heteroatoms. The molecule has 0 aliphatic carbocycles. The minimum atomic E-state index is 0.185. The van der Waals surface area contributed by atoms with Crippen LogP contribution in [0.1, 0.15) is 38.1 Å². The molecule has 1 heterocycles. The lowest BCUT2D eigenvalue weighted by molar-refractivity contribution is 0.304. The van der Waals surface area contributed by atoms with Crippen LogP contribution in [0, 0.1) is 6.92 Å². The quantitative estimate of drug-likeness (QED) is 0.878. The Hall–Kier alpha value is -1.62. The minimum absolute atomic E-state index is 0.185. The fourth-order valence-electron chi connectivity index (χ4n) is 1.64. The van der Waals surface area contributed by atoms with Gasteiger partial charge in [0.05, 0.1) is 6.04 Å². The second-order valence-corrected chi connectivity index (χ2v) is 6.03. The van der Waals surface area contributed by atoms with Gasteiger partial charge in [-0.2, -0.15) is 4.37 Å². The average molecular weight is 291 g/mol. The SMILES string of the molecule is Cc1ccc(OCC(C)Nc2nc(C(C)C)ns2)cc1. The summed E-state index contributed by atoms with van der Waals surface area (Å²) in [6.07, 6.45) is 0. The largest absolute Gasteiger partial charge is 0.491 e. The van der Waals surface area contributed by atoms with Crippen molar-refractivity contribution >= 4 is 16.7 Å². The Morgan fingerprint density at radius 3 is 2.50 bits per heavy atom. The summed E-state index contributed by atoms with van der Waals surface area (Å²) in [5.41, 5.74) is 1.23. The number of aryl methyl sites for hydroxylation is 1. The van der Waals surface area contributed by atoms with Crippen molar-refractivity contribution in [2.75, 3.05) is 11.9 Å². The number of hydrogen-bond donors (Lipinski definition) is 1. The van der Waals surface area contributed by atoms with Crippen LogP contribution < -0.4 is 10.1 Å². The first-order chi connectivity index (χ1) is 9.54. The molecule has 0 fully saturated rings. The van der Waals surface area contributed by atoms with Crippen LogP contribution in [-0.4, -0.2) is 22.0 Å². The summed E-state index contributed by atoms with van der Waals surface area (Å²) in [6, 6.07) is 8.26. The fraction of sp³-hybridized carbons (Fsp3) is 0.467. The molecule has 0 radical (unpaired) electrons. The van der Waals surface area contributed by atoms with Gasteiger partial charge >= 0.3 is 0 Å². The Labute approximate surface area is 124 Å². The molecule has 1 aromatic heterocycles. The van der Waals surface area contributed by atoms with Crippen LogP contribution in [0.3, 0.4) is 0 Å². The smallest absolute Gasteiger partial charge is 0.202 e. The molecular weight excluding hydrogens is 270 g/mol. The van der Waals surface area contributed by atoms with Gasteiger partial charge in [-0.1, -0.05) is 31.5 Å². The summed E-state index contributed by atoms with van der Waals surface area (Å²) in [6.45, 7) is 8.92. The first-order valence-corrected chi connectivity index (χ1v) is 7.61. The number of anilines is 1. The van der Waals surface area contributed by atoms with E-state index in [1.807, 2.05) is 24.3 Å². The maximum Gasteiger partial charge on any atom is 0.202 e. The van der Waals surface area contributed by atoms with Gasteiger partial charge in [0.2, 0.25) is 5.13 Å². The summed E-state index contributed by atoms with van der Waals surface area (Å²) in [7, 11) is 0. The first kappa shape index (κ1) is 14.8. The van der Waals surface area contributed by atoms with Gasteiger partial charge in [0.15, 0.2) is 0 Å². The van der Waals surface area contributed by atoms with Crippen LogP contribution >= 0.6 is 11.5 Å². The number of nitrogens with zero attached hydrogens (tertiary/aromatic N) is 2. The summed E-state index contributed by atoms with van der Waals surface area (Å²) >= 11 is 1.40. The number of hydrogen-bond acceptors (Lipinski definition) is 5. The van der Waals surface area contributed by atoms with Crippen molar-refractivity contribution in [1.29, 1.82) is 0 Å². The molecule has 1 aromatic carbocycles. The fourth-order valence-corrected chi connectivity index (χ4v) is 2.46. The Balaban J connectivity index is 1.82. The molecule has 1 atom stereocenters. The number of nitrogens with one attached hydrogen (secondary N) is 1. The average Bonchev–Trinajstić information content (AvgIpc) is 2.87. The summed E-state index contributed by atoms with van der Waals surface area (Å²) in [4.78, 5) is 4.46. The van der Waals surface area contributed by atoms with Crippen molar-refractivity contribution in [3.05, 3.63) is 35.7 Å². The Kier molecular flexibility index (Phi) is 4.95. The normalized spacial score (nSPS) is 12.4. The van der Waals surface area contributed by atoms with E-state index in [0.717, 1.165) is 16.7 Å². The third-order valence-electron chi connectivity index (χ3n) is 2.85. The zero-order chi connectivity index (χ0) is 14.5. The molecule has 2 rings (SSSR count). The highest BCUT2D eigenvalue weighted by Crippen LogP contribution is 2.18. The molecule has 20 heavy (non-hydrogen) atoms. The Morgan fingerprint density at radius 2 is 1.90 bits per heavy atom. The molecule has 2 aromatic rings. The highest BCUT2D eigenvalue weighted by molar-refractivity contribution is 7.09. The monoisotopic (exact) mass is 291 g/mol. The maximum atomic E-state index is 5.74. The molecule has 0 spiro atoms.